The Bertz CT molecular complexity index is 368. The standard InChI is InChI=1S/C15H19N/c1-2-4-12(5-3-1)10-16-11-15-9-13-6-7-14(15)8-13/h1-7,13-16H,8-11H2/p+1/t13-,14+,15-/m1/s1. The van der Waals surface area contributed by atoms with Crippen molar-refractivity contribution in [3.05, 3.63) is 48.0 Å². The first-order valence-electron chi connectivity index (χ1n) is 6.46. The first kappa shape index (κ1) is 10.1. The van der Waals surface area contributed by atoms with Crippen LogP contribution in [0.4, 0.5) is 0 Å². The molecule has 1 saturated carbocycles. The van der Waals surface area contributed by atoms with Crippen LogP contribution in [-0.4, -0.2) is 6.54 Å². The maximum absolute atomic E-state index is 2.48. The van der Waals surface area contributed by atoms with Gasteiger partial charge in [-0.1, -0.05) is 42.5 Å². The maximum atomic E-state index is 2.48. The molecule has 3 rings (SSSR count). The van der Waals surface area contributed by atoms with Gasteiger partial charge in [0.15, 0.2) is 0 Å². The molecule has 3 atom stereocenters. The van der Waals surface area contributed by atoms with E-state index in [1.54, 1.807) is 0 Å². The summed E-state index contributed by atoms with van der Waals surface area (Å²) < 4.78 is 0. The van der Waals surface area contributed by atoms with Crippen molar-refractivity contribution in [2.75, 3.05) is 6.54 Å². The van der Waals surface area contributed by atoms with E-state index in [-0.39, 0.29) is 0 Å². The van der Waals surface area contributed by atoms with Crippen LogP contribution in [-0.2, 0) is 6.54 Å². The van der Waals surface area contributed by atoms with Gasteiger partial charge in [0.25, 0.3) is 0 Å². The number of quaternary nitrogens is 1. The summed E-state index contributed by atoms with van der Waals surface area (Å²) in [6, 6.07) is 10.8. The van der Waals surface area contributed by atoms with Crippen LogP contribution in [0.2, 0.25) is 0 Å². The van der Waals surface area contributed by atoms with Crippen LogP contribution in [0.25, 0.3) is 0 Å². The highest BCUT2D eigenvalue weighted by atomic mass is 14.9. The Balaban J connectivity index is 1.46. The fourth-order valence-corrected chi connectivity index (χ4v) is 3.24. The van der Waals surface area contributed by atoms with Crippen LogP contribution in [0.5, 0.6) is 0 Å². The molecule has 84 valence electrons. The molecule has 0 radical (unpaired) electrons. The highest BCUT2D eigenvalue weighted by molar-refractivity contribution is 5.13. The lowest BCUT2D eigenvalue weighted by Gasteiger charge is -2.16. The Morgan fingerprint density at radius 1 is 1.06 bits per heavy atom. The van der Waals surface area contributed by atoms with E-state index in [0.717, 1.165) is 24.3 Å². The average Bonchev–Trinajstić information content (AvgIpc) is 2.92. The largest absolute Gasteiger partial charge is 0.342 e. The lowest BCUT2D eigenvalue weighted by molar-refractivity contribution is -0.676. The summed E-state index contributed by atoms with van der Waals surface area (Å²) >= 11 is 0. The quantitative estimate of drug-likeness (QED) is 0.738. The number of hydrogen-bond donors (Lipinski definition) is 1. The summed E-state index contributed by atoms with van der Waals surface area (Å²) in [5, 5.41) is 2.48. The summed E-state index contributed by atoms with van der Waals surface area (Å²) in [5.41, 5.74) is 1.45. The van der Waals surface area contributed by atoms with Crippen molar-refractivity contribution in [1.29, 1.82) is 0 Å². The van der Waals surface area contributed by atoms with Crippen molar-refractivity contribution in [1.82, 2.24) is 0 Å². The lowest BCUT2D eigenvalue weighted by atomic mass is 9.93. The Morgan fingerprint density at radius 2 is 1.94 bits per heavy atom. The topological polar surface area (TPSA) is 16.6 Å². The van der Waals surface area contributed by atoms with Gasteiger partial charge >= 0.3 is 0 Å². The van der Waals surface area contributed by atoms with Gasteiger partial charge in [-0.3, -0.25) is 0 Å². The smallest absolute Gasteiger partial charge is 0.101 e. The number of nitrogens with two attached hydrogens (primary N) is 1. The molecule has 1 nitrogen and oxygen atoms in total. The summed E-state index contributed by atoms with van der Waals surface area (Å²) in [5.74, 6) is 2.76. The third kappa shape index (κ3) is 2.05. The molecule has 2 N–H and O–H groups in total. The van der Waals surface area contributed by atoms with E-state index >= 15 is 0 Å². The summed E-state index contributed by atoms with van der Waals surface area (Å²) in [4.78, 5) is 0. The minimum atomic E-state index is 0.900. The van der Waals surface area contributed by atoms with E-state index in [1.807, 2.05) is 0 Å². The van der Waals surface area contributed by atoms with Gasteiger partial charge in [-0.15, -0.1) is 0 Å². The molecular formula is C15H20N+. The monoisotopic (exact) mass is 214 g/mol. The first-order chi connectivity index (χ1) is 7.92. The van der Waals surface area contributed by atoms with E-state index in [4.69, 9.17) is 0 Å². The Hall–Kier alpha value is -1.08. The summed E-state index contributed by atoms with van der Waals surface area (Å²) in [7, 11) is 0. The SMILES string of the molecule is C1=C[C@H]2C[C@@H]1C[C@@H]2C[NH2+]Cc1ccccc1. The molecule has 2 aliphatic rings. The normalized spacial score (nSPS) is 31.1. The van der Waals surface area contributed by atoms with Crippen LogP contribution in [0.1, 0.15) is 18.4 Å². The molecular weight excluding hydrogens is 194 g/mol. The van der Waals surface area contributed by atoms with Crippen LogP contribution in [0.3, 0.4) is 0 Å². The predicted octanol–water partition coefficient (Wildman–Crippen LogP) is 1.96. The fraction of sp³-hybridized carbons (Fsp3) is 0.467. The average molecular weight is 214 g/mol. The van der Waals surface area contributed by atoms with E-state index in [2.05, 4.69) is 47.8 Å². The van der Waals surface area contributed by atoms with Gasteiger partial charge in [0.05, 0.1) is 6.54 Å². The van der Waals surface area contributed by atoms with E-state index in [0.29, 0.717) is 0 Å². The van der Waals surface area contributed by atoms with Crippen molar-refractivity contribution >= 4 is 0 Å². The maximum Gasteiger partial charge on any atom is 0.101 e. The Kier molecular flexibility index (Phi) is 2.79. The van der Waals surface area contributed by atoms with Crippen LogP contribution in [0.15, 0.2) is 42.5 Å². The second-order valence-electron chi connectivity index (χ2n) is 5.25. The molecule has 0 unspecified atom stereocenters. The molecule has 0 heterocycles. The molecule has 0 aromatic heterocycles. The van der Waals surface area contributed by atoms with E-state index < -0.39 is 0 Å². The van der Waals surface area contributed by atoms with Gasteiger partial charge in [-0.2, -0.15) is 0 Å². The predicted molar refractivity (Wildman–Crippen MR) is 65.8 cm³/mol. The minimum Gasteiger partial charge on any atom is -0.342 e. The van der Waals surface area contributed by atoms with E-state index in [1.165, 1.54) is 24.9 Å². The van der Waals surface area contributed by atoms with Gasteiger partial charge < -0.3 is 5.32 Å². The molecule has 1 heteroatoms. The van der Waals surface area contributed by atoms with Gasteiger partial charge in [0, 0.05) is 11.5 Å². The summed E-state index contributed by atoms with van der Waals surface area (Å²) in [6.07, 6.45) is 7.75. The first-order valence-corrected chi connectivity index (χ1v) is 6.46. The summed E-state index contributed by atoms with van der Waals surface area (Å²) in [6.45, 7) is 2.44. The molecule has 16 heavy (non-hydrogen) atoms. The third-order valence-electron chi connectivity index (χ3n) is 4.11. The molecule has 2 aliphatic carbocycles. The molecule has 1 aromatic carbocycles. The zero-order valence-corrected chi connectivity index (χ0v) is 9.68. The van der Waals surface area contributed by atoms with Crippen LogP contribution in [0, 0.1) is 17.8 Å². The van der Waals surface area contributed by atoms with Crippen molar-refractivity contribution in [3.8, 4) is 0 Å². The number of rotatable bonds is 4. The second kappa shape index (κ2) is 4.42. The molecule has 1 aromatic rings. The molecule has 0 saturated heterocycles. The Labute approximate surface area is 97.6 Å². The van der Waals surface area contributed by atoms with Crippen molar-refractivity contribution < 1.29 is 5.32 Å². The Morgan fingerprint density at radius 3 is 2.62 bits per heavy atom. The van der Waals surface area contributed by atoms with E-state index in [9.17, 15) is 0 Å². The number of fused-ring (bicyclic) bond motifs is 2. The molecule has 1 fully saturated rings. The molecule has 0 aliphatic heterocycles. The highest BCUT2D eigenvalue weighted by Gasteiger charge is 2.36. The molecule has 2 bridgehead atoms. The zero-order valence-electron chi connectivity index (χ0n) is 9.68. The number of benzene rings is 1. The zero-order chi connectivity index (χ0) is 10.8. The van der Waals surface area contributed by atoms with Gasteiger partial charge in [-0.05, 0) is 24.7 Å². The van der Waals surface area contributed by atoms with Gasteiger partial charge in [-0.25, -0.2) is 0 Å². The van der Waals surface area contributed by atoms with Crippen molar-refractivity contribution in [3.63, 3.8) is 0 Å². The van der Waals surface area contributed by atoms with Gasteiger partial charge in [0.2, 0.25) is 0 Å². The number of hydrogen-bond acceptors (Lipinski definition) is 0. The van der Waals surface area contributed by atoms with Crippen molar-refractivity contribution in [2.45, 2.75) is 19.4 Å². The van der Waals surface area contributed by atoms with Crippen LogP contribution < -0.4 is 5.32 Å². The fourth-order valence-electron chi connectivity index (χ4n) is 3.24. The minimum absolute atomic E-state index is 0.900. The lowest BCUT2D eigenvalue weighted by Crippen LogP contribution is -2.84. The highest BCUT2D eigenvalue weighted by Crippen LogP contribution is 2.42. The van der Waals surface area contributed by atoms with Crippen LogP contribution >= 0.6 is 0 Å². The molecule has 0 amide bonds. The molecule has 0 spiro atoms. The van der Waals surface area contributed by atoms with Crippen molar-refractivity contribution in [2.24, 2.45) is 17.8 Å². The third-order valence-corrected chi connectivity index (χ3v) is 4.11. The second-order valence-corrected chi connectivity index (χ2v) is 5.25. The number of allylic oxidation sites excluding steroid dienone is 2. The van der Waals surface area contributed by atoms with Gasteiger partial charge in [0.1, 0.15) is 6.54 Å².